The molecule has 58 heavy (non-hydrogen) atoms. The molecule has 3 N–H and O–H groups in total. The average molecular weight is 747 g/mol. The van der Waals surface area contributed by atoms with Crippen LogP contribution in [0.5, 0.6) is 5.75 Å². The van der Waals surface area contributed by atoms with Crippen LogP contribution in [0.1, 0.15) is 5.56 Å². The Morgan fingerprint density at radius 3 is 1.36 bits per heavy atom. The second kappa shape index (κ2) is 16.2. The minimum Gasteiger partial charge on any atom is -0.507 e. The maximum absolute atomic E-state index is 11.6. The van der Waals surface area contributed by atoms with E-state index in [9.17, 15) is 5.11 Å². The number of nitrogens with one attached hydrogen (secondary N) is 2. The van der Waals surface area contributed by atoms with Gasteiger partial charge in [-0.3, -0.25) is 0 Å². The van der Waals surface area contributed by atoms with Gasteiger partial charge >= 0.3 is 0 Å². The van der Waals surface area contributed by atoms with Gasteiger partial charge in [0.05, 0.1) is 0 Å². The van der Waals surface area contributed by atoms with Gasteiger partial charge in [-0.2, -0.15) is 0 Å². The van der Waals surface area contributed by atoms with Crippen LogP contribution in [0.25, 0.3) is 66.8 Å². The highest BCUT2D eigenvalue weighted by Crippen LogP contribution is 2.42. The number of rotatable bonds is 10. The number of hydrogen-bond donors (Lipinski definition) is 3. The Morgan fingerprint density at radius 2 is 0.707 bits per heavy atom. The summed E-state index contributed by atoms with van der Waals surface area (Å²) in [7, 11) is 0. The Bertz CT molecular complexity index is 2850. The molecule has 0 radical (unpaired) electrons. The topological polar surface area (TPSA) is 44.3 Å². The standard InChI is InChI=1S/C55H42N2O/c1-38-32-45(40-18-13-19-42(34-40)49-26-11-12-29-53(49)56-47-22-7-3-8-23-47)36-46(33-38)41-30-31-54(57-48-24-9-4-10-25-48)52(37-41)44-21-14-20-43(35-44)51-28-15-27-50(55(51)58)39-16-5-2-6-17-39/h2-37,56-58H,1H3. The molecule has 9 aromatic rings. The summed E-state index contributed by atoms with van der Waals surface area (Å²) in [5.74, 6) is 0.273. The van der Waals surface area contributed by atoms with Gasteiger partial charge in [-0.15, -0.1) is 0 Å². The molecule has 3 nitrogen and oxygen atoms in total. The predicted octanol–water partition coefficient (Wildman–Crippen LogP) is 15.2. The molecule has 278 valence electrons. The molecule has 9 aromatic carbocycles. The molecule has 3 heteroatoms. The summed E-state index contributed by atoms with van der Waals surface area (Å²) >= 11 is 0. The number of hydrogen-bond acceptors (Lipinski definition) is 3. The average Bonchev–Trinajstić information content (AvgIpc) is 3.28. The van der Waals surface area contributed by atoms with E-state index in [2.05, 4.69) is 151 Å². The summed E-state index contributed by atoms with van der Waals surface area (Å²) in [6, 6.07) is 75.8. The largest absolute Gasteiger partial charge is 0.507 e. The third kappa shape index (κ3) is 7.75. The van der Waals surface area contributed by atoms with Crippen molar-refractivity contribution < 1.29 is 5.11 Å². The van der Waals surface area contributed by atoms with Gasteiger partial charge in [-0.05, 0) is 118 Å². The van der Waals surface area contributed by atoms with Crippen molar-refractivity contribution in [2.24, 2.45) is 0 Å². The van der Waals surface area contributed by atoms with Crippen molar-refractivity contribution in [3.63, 3.8) is 0 Å². The van der Waals surface area contributed by atoms with Gasteiger partial charge in [0.1, 0.15) is 5.75 Å². The van der Waals surface area contributed by atoms with E-state index in [4.69, 9.17) is 0 Å². The Hall–Kier alpha value is -7.62. The lowest BCUT2D eigenvalue weighted by Gasteiger charge is -2.17. The van der Waals surface area contributed by atoms with Crippen LogP contribution >= 0.6 is 0 Å². The van der Waals surface area contributed by atoms with Crippen LogP contribution in [0.4, 0.5) is 22.7 Å². The van der Waals surface area contributed by atoms with Crippen molar-refractivity contribution in [3.8, 4) is 72.5 Å². The van der Waals surface area contributed by atoms with Crippen LogP contribution in [0.3, 0.4) is 0 Å². The second-order valence-electron chi connectivity index (χ2n) is 14.6. The summed E-state index contributed by atoms with van der Waals surface area (Å²) < 4.78 is 0. The molecule has 0 atom stereocenters. The van der Waals surface area contributed by atoms with Crippen molar-refractivity contribution in [2.45, 2.75) is 6.92 Å². The second-order valence-corrected chi connectivity index (χ2v) is 14.6. The fourth-order valence-corrected chi connectivity index (χ4v) is 7.73. The monoisotopic (exact) mass is 746 g/mol. The first-order valence-electron chi connectivity index (χ1n) is 19.6. The van der Waals surface area contributed by atoms with Crippen molar-refractivity contribution in [1.82, 2.24) is 0 Å². The van der Waals surface area contributed by atoms with Gasteiger partial charge in [0.25, 0.3) is 0 Å². The lowest BCUT2D eigenvalue weighted by molar-refractivity contribution is 0.479. The first-order valence-corrected chi connectivity index (χ1v) is 19.6. The SMILES string of the molecule is Cc1cc(-c2cccc(-c3ccccc3Nc3ccccc3)c2)cc(-c2ccc(Nc3ccccc3)c(-c3cccc(-c4cccc(-c5ccccc5)c4O)c3)c2)c1. The number of benzene rings is 9. The molecular formula is C55H42N2O. The van der Waals surface area contributed by atoms with Gasteiger partial charge in [0.15, 0.2) is 0 Å². The van der Waals surface area contributed by atoms with E-state index >= 15 is 0 Å². The number of aryl methyl sites for hydroxylation is 1. The van der Waals surface area contributed by atoms with E-state index in [-0.39, 0.29) is 5.75 Å². The number of para-hydroxylation sites is 4. The summed E-state index contributed by atoms with van der Waals surface area (Å²) in [6.07, 6.45) is 0. The van der Waals surface area contributed by atoms with E-state index in [1.54, 1.807) is 0 Å². The van der Waals surface area contributed by atoms with Crippen LogP contribution in [0.15, 0.2) is 218 Å². The lowest BCUT2D eigenvalue weighted by Crippen LogP contribution is -1.95. The van der Waals surface area contributed by atoms with Crippen LogP contribution in [0, 0.1) is 6.92 Å². The number of anilines is 4. The van der Waals surface area contributed by atoms with Crippen molar-refractivity contribution >= 4 is 22.7 Å². The van der Waals surface area contributed by atoms with Gasteiger partial charge in [-0.1, -0.05) is 158 Å². The number of aromatic hydroxyl groups is 1. The van der Waals surface area contributed by atoms with Crippen molar-refractivity contribution in [1.29, 1.82) is 0 Å². The molecular weight excluding hydrogens is 705 g/mol. The molecule has 0 heterocycles. The summed E-state index contributed by atoms with van der Waals surface area (Å²) in [5, 5.41) is 18.9. The Labute approximate surface area is 340 Å². The molecule has 0 spiro atoms. The third-order valence-corrected chi connectivity index (χ3v) is 10.6. The highest BCUT2D eigenvalue weighted by Gasteiger charge is 2.15. The molecule has 0 aliphatic heterocycles. The summed E-state index contributed by atoms with van der Waals surface area (Å²) in [5.41, 5.74) is 17.8. The highest BCUT2D eigenvalue weighted by atomic mass is 16.3. The first-order chi connectivity index (χ1) is 28.6. The maximum atomic E-state index is 11.6. The van der Waals surface area contributed by atoms with E-state index in [0.717, 1.165) is 89.5 Å². The first kappa shape index (κ1) is 36.0. The molecule has 0 aliphatic carbocycles. The summed E-state index contributed by atoms with van der Waals surface area (Å²) in [6.45, 7) is 2.17. The third-order valence-electron chi connectivity index (χ3n) is 10.6. The zero-order valence-corrected chi connectivity index (χ0v) is 32.2. The van der Waals surface area contributed by atoms with Gasteiger partial charge < -0.3 is 15.7 Å². The van der Waals surface area contributed by atoms with E-state index in [1.807, 2.05) is 84.9 Å². The molecule has 0 aromatic heterocycles. The van der Waals surface area contributed by atoms with Gasteiger partial charge in [0.2, 0.25) is 0 Å². The lowest BCUT2D eigenvalue weighted by atomic mass is 9.91. The Morgan fingerprint density at radius 1 is 0.293 bits per heavy atom. The zero-order valence-electron chi connectivity index (χ0n) is 32.2. The van der Waals surface area contributed by atoms with Gasteiger partial charge in [-0.25, -0.2) is 0 Å². The van der Waals surface area contributed by atoms with Crippen LogP contribution in [-0.2, 0) is 0 Å². The highest BCUT2D eigenvalue weighted by molar-refractivity contribution is 5.90. The van der Waals surface area contributed by atoms with E-state index in [1.165, 1.54) is 5.56 Å². The fraction of sp³-hybridized carbons (Fsp3) is 0.0182. The molecule has 0 amide bonds. The molecule has 0 saturated carbocycles. The molecule has 0 aliphatic rings. The smallest absolute Gasteiger partial charge is 0.131 e. The maximum Gasteiger partial charge on any atom is 0.131 e. The molecule has 0 fully saturated rings. The molecule has 0 bridgehead atoms. The molecule has 0 unspecified atom stereocenters. The Kier molecular flexibility index (Phi) is 10.1. The zero-order chi connectivity index (χ0) is 39.3. The van der Waals surface area contributed by atoms with Crippen LogP contribution in [-0.4, -0.2) is 5.11 Å². The minimum atomic E-state index is 0.273. The molecule has 9 rings (SSSR count). The van der Waals surface area contributed by atoms with Crippen molar-refractivity contribution in [3.05, 3.63) is 224 Å². The summed E-state index contributed by atoms with van der Waals surface area (Å²) in [4.78, 5) is 0. The minimum absolute atomic E-state index is 0.273. The predicted molar refractivity (Wildman–Crippen MR) is 245 cm³/mol. The van der Waals surface area contributed by atoms with Gasteiger partial charge in [0, 0.05) is 45.0 Å². The van der Waals surface area contributed by atoms with Crippen molar-refractivity contribution in [2.75, 3.05) is 10.6 Å². The quantitative estimate of drug-likeness (QED) is 0.131. The number of phenolic OH excluding ortho intramolecular Hbond substituents is 1. The fourth-order valence-electron chi connectivity index (χ4n) is 7.73. The number of phenols is 1. The van der Waals surface area contributed by atoms with E-state index in [0.29, 0.717) is 0 Å². The Balaban J connectivity index is 1.10. The van der Waals surface area contributed by atoms with Crippen LogP contribution in [0.2, 0.25) is 0 Å². The van der Waals surface area contributed by atoms with Crippen LogP contribution < -0.4 is 10.6 Å². The normalized spacial score (nSPS) is 10.9. The molecule has 0 saturated heterocycles. The van der Waals surface area contributed by atoms with E-state index < -0.39 is 0 Å².